The van der Waals surface area contributed by atoms with E-state index in [0.717, 1.165) is 16.3 Å². The summed E-state index contributed by atoms with van der Waals surface area (Å²) < 4.78 is 34.0. The molecule has 0 aliphatic carbocycles. The van der Waals surface area contributed by atoms with Crippen LogP contribution in [0.15, 0.2) is 77.7 Å². The van der Waals surface area contributed by atoms with E-state index in [4.69, 9.17) is 27.9 Å². The minimum atomic E-state index is -4.23. The number of benzene rings is 3. The lowest BCUT2D eigenvalue weighted by atomic mass is 10.1. The van der Waals surface area contributed by atoms with Crippen LogP contribution in [0.3, 0.4) is 0 Å². The van der Waals surface area contributed by atoms with Crippen molar-refractivity contribution in [3.8, 4) is 5.75 Å². The topological polar surface area (TPSA) is 96.0 Å². The molecule has 214 valence electrons. The number of ether oxygens (including phenoxy) is 1. The van der Waals surface area contributed by atoms with Crippen molar-refractivity contribution >= 4 is 50.7 Å². The van der Waals surface area contributed by atoms with Gasteiger partial charge in [-0.15, -0.1) is 0 Å². The highest BCUT2D eigenvalue weighted by atomic mass is 35.5. The standard InChI is InChI=1S/C29H33Cl2N3O5S/c1-4-16-32-29(36)26(5-2)33(19-21-10-9-11-23(17-21)39-3)28(35)20-34(27-15-14-22(30)18-25(27)31)40(37,38)24-12-7-6-8-13-24/h6-15,17-18,26H,4-5,16,19-20H2,1-3H3,(H,32,36). The Labute approximate surface area is 245 Å². The summed E-state index contributed by atoms with van der Waals surface area (Å²) in [6.45, 7) is 3.65. The van der Waals surface area contributed by atoms with Gasteiger partial charge in [-0.05, 0) is 60.9 Å². The van der Waals surface area contributed by atoms with E-state index in [1.807, 2.05) is 13.0 Å². The number of halogens is 2. The van der Waals surface area contributed by atoms with E-state index in [1.165, 1.54) is 42.3 Å². The predicted octanol–water partition coefficient (Wildman–Crippen LogP) is 5.53. The number of hydrogen-bond acceptors (Lipinski definition) is 5. The zero-order chi connectivity index (χ0) is 29.3. The van der Waals surface area contributed by atoms with Crippen LogP contribution < -0.4 is 14.4 Å². The number of carbonyl (C=O) groups excluding carboxylic acids is 2. The van der Waals surface area contributed by atoms with Crippen molar-refractivity contribution in [3.05, 3.63) is 88.4 Å². The summed E-state index contributed by atoms with van der Waals surface area (Å²) in [5.41, 5.74) is 0.810. The molecule has 11 heteroatoms. The van der Waals surface area contributed by atoms with Crippen LogP contribution in [0.2, 0.25) is 10.0 Å². The molecule has 0 aliphatic heterocycles. The monoisotopic (exact) mass is 605 g/mol. The molecule has 0 saturated carbocycles. The second kappa shape index (κ2) is 14.4. The highest BCUT2D eigenvalue weighted by molar-refractivity contribution is 7.92. The Bertz CT molecular complexity index is 1420. The number of methoxy groups -OCH3 is 1. The first-order chi connectivity index (χ1) is 19.1. The van der Waals surface area contributed by atoms with Crippen LogP contribution in [-0.2, 0) is 26.2 Å². The molecule has 0 radical (unpaired) electrons. The number of anilines is 1. The van der Waals surface area contributed by atoms with Crippen molar-refractivity contribution in [2.45, 2.75) is 44.2 Å². The fourth-order valence-electron chi connectivity index (χ4n) is 4.17. The van der Waals surface area contributed by atoms with Crippen LogP contribution in [0.5, 0.6) is 5.75 Å². The average Bonchev–Trinajstić information content (AvgIpc) is 2.95. The first-order valence-corrected chi connectivity index (χ1v) is 15.0. The number of amides is 2. The van der Waals surface area contributed by atoms with Gasteiger partial charge in [0.05, 0.1) is 22.7 Å². The second-order valence-electron chi connectivity index (χ2n) is 9.01. The third kappa shape index (κ3) is 7.68. The van der Waals surface area contributed by atoms with Gasteiger partial charge in [-0.25, -0.2) is 8.42 Å². The molecule has 3 rings (SSSR count). The molecule has 0 heterocycles. The Kier molecular flexibility index (Phi) is 11.2. The normalized spacial score (nSPS) is 11.9. The molecule has 1 N–H and O–H groups in total. The molecule has 0 spiro atoms. The van der Waals surface area contributed by atoms with Gasteiger partial charge < -0.3 is 15.0 Å². The van der Waals surface area contributed by atoms with Crippen molar-refractivity contribution in [2.24, 2.45) is 0 Å². The minimum Gasteiger partial charge on any atom is -0.497 e. The zero-order valence-electron chi connectivity index (χ0n) is 22.6. The maximum absolute atomic E-state index is 14.1. The molecule has 0 saturated heterocycles. The molecule has 3 aromatic rings. The summed E-state index contributed by atoms with van der Waals surface area (Å²) in [5, 5.41) is 3.24. The largest absolute Gasteiger partial charge is 0.497 e. The average molecular weight is 607 g/mol. The molecule has 0 fully saturated rings. The second-order valence-corrected chi connectivity index (χ2v) is 11.7. The summed E-state index contributed by atoms with van der Waals surface area (Å²) >= 11 is 12.5. The van der Waals surface area contributed by atoms with Gasteiger partial charge in [0.15, 0.2) is 0 Å². The number of rotatable bonds is 13. The van der Waals surface area contributed by atoms with Crippen LogP contribution in [-0.4, -0.2) is 51.4 Å². The molecular formula is C29H33Cl2N3O5S. The summed E-state index contributed by atoms with van der Waals surface area (Å²) in [5.74, 6) is -0.302. The lowest BCUT2D eigenvalue weighted by Crippen LogP contribution is -2.52. The van der Waals surface area contributed by atoms with E-state index in [1.54, 1.807) is 43.3 Å². The van der Waals surface area contributed by atoms with E-state index in [0.29, 0.717) is 23.7 Å². The van der Waals surface area contributed by atoms with Gasteiger partial charge in [-0.1, -0.05) is 67.4 Å². The molecule has 1 atom stereocenters. The third-order valence-electron chi connectivity index (χ3n) is 6.21. The summed E-state index contributed by atoms with van der Waals surface area (Å²) in [6, 6.07) is 18.4. The fraction of sp³-hybridized carbons (Fsp3) is 0.310. The Hall–Kier alpha value is -3.27. The van der Waals surface area contributed by atoms with Crippen molar-refractivity contribution < 1.29 is 22.7 Å². The van der Waals surface area contributed by atoms with E-state index in [2.05, 4.69) is 5.32 Å². The lowest BCUT2D eigenvalue weighted by molar-refractivity contribution is -0.140. The lowest BCUT2D eigenvalue weighted by Gasteiger charge is -2.33. The molecule has 3 aromatic carbocycles. The zero-order valence-corrected chi connectivity index (χ0v) is 25.0. The summed E-state index contributed by atoms with van der Waals surface area (Å²) in [4.78, 5) is 28.6. The molecule has 0 bridgehead atoms. The van der Waals surface area contributed by atoms with E-state index < -0.39 is 28.5 Å². The summed E-state index contributed by atoms with van der Waals surface area (Å²) in [7, 11) is -2.69. The predicted molar refractivity (Wildman–Crippen MR) is 158 cm³/mol. The van der Waals surface area contributed by atoms with Crippen molar-refractivity contribution in [1.82, 2.24) is 10.2 Å². The maximum Gasteiger partial charge on any atom is 0.264 e. The fourth-order valence-corrected chi connectivity index (χ4v) is 6.18. The molecule has 0 aliphatic rings. The van der Waals surface area contributed by atoms with Gasteiger partial charge >= 0.3 is 0 Å². The molecule has 0 aromatic heterocycles. The molecule has 1 unspecified atom stereocenters. The highest BCUT2D eigenvalue weighted by Gasteiger charge is 2.34. The summed E-state index contributed by atoms with van der Waals surface area (Å²) in [6.07, 6.45) is 1.04. The first kappa shape index (κ1) is 31.3. The van der Waals surface area contributed by atoms with Crippen LogP contribution in [0.1, 0.15) is 32.3 Å². The minimum absolute atomic E-state index is 0.0131. The number of hydrogen-bond donors (Lipinski definition) is 1. The SMILES string of the molecule is CCCNC(=O)C(CC)N(Cc1cccc(OC)c1)C(=O)CN(c1ccc(Cl)cc1Cl)S(=O)(=O)c1ccccc1. The van der Waals surface area contributed by atoms with Gasteiger partial charge in [0.1, 0.15) is 18.3 Å². The van der Waals surface area contributed by atoms with E-state index in [-0.39, 0.29) is 28.1 Å². The van der Waals surface area contributed by atoms with Gasteiger partial charge in [0.25, 0.3) is 10.0 Å². The number of nitrogens with one attached hydrogen (secondary N) is 1. The van der Waals surface area contributed by atoms with E-state index >= 15 is 0 Å². The number of nitrogens with zero attached hydrogens (tertiary/aromatic N) is 2. The molecule has 2 amide bonds. The van der Waals surface area contributed by atoms with Crippen molar-refractivity contribution in [1.29, 1.82) is 0 Å². The van der Waals surface area contributed by atoms with Crippen LogP contribution in [0, 0.1) is 0 Å². The Balaban J connectivity index is 2.08. The van der Waals surface area contributed by atoms with Crippen LogP contribution >= 0.6 is 23.2 Å². The van der Waals surface area contributed by atoms with Gasteiger partial charge in [-0.2, -0.15) is 0 Å². The van der Waals surface area contributed by atoms with Crippen molar-refractivity contribution in [2.75, 3.05) is 24.5 Å². The third-order valence-corrected chi connectivity index (χ3v) is 8.52. The van der Waals surface area contributed by atoms with Crippen molar-refractivity contribution in [3.63, 3.8) is 0 Å². The smallest absolute Gasteiger partial charge is 0.264 e. The Morgan fingerprint density at radius 2 is 1.70 bits per heavy atom. The Morgan fingerprint density at radius 1 is 0.975 bits per heavy atom. The molecular weight excluding hydrogens is 573 g/mol. The van der Waals surface area contributed by atoms with Crippen LogP contribution in [0.25, 0.3) is 0 Å². The molecule has 40 heavy (non-hydrogen) atoms. The molecule has 8 nitrogen and oxygen atoms in total. The van der Waals surface area contributed by atoms with Gasteiger partial charge in [-0.3, -0.25) is 13.9 Å². The number of carbonyl (C=O) groups is 2. The Morgan fingerprint density at radius 3 is 2.33 bits per heavy atom. The van der Waals surface area contributed by atoms with Crippen LogP contribution in [0.4, 0.5) is 5.69 Å². The quantitative estimate of drug-likeness (QED) is 0.276. The highest BCUT2D eigenvalue weighted by Crippen LogP contribution is 2.33. The van der Waals surface area contributed by atoms with E-state index in [9.17, 15) is 18.0 Å². The van der Waals surface area contributed by atoms with Gasteiger partial charge in [0.2, 0.25) is 11.8 Å². The number of sulfonamides is 1. The first-order valence-electron chi connectivity index (χ1n) is 12.8. The maximum atomic E-state index is 14.1. The van der Waals surface area contributed by atoms with Gasteiger partial charge in [0, 0.05) is 18.1 Å².